The van der Waals surface area contributed by atoms with E-state index in [2.05, 4.69) is 10.6 Å². The number of hydrogen-bond donors (Lipinski definition) is 2. The number of nitriles is 1. The quantitative estimate of drug-likeness (QED) is 0.510. The molecular weight excluding hydrogens is 316 g/mol. The molecule has 1 amide bonds. The van der Waals surface area contributed by atoms with Crippen molar-refractivity contribution in [2.24, 2.45) is 0 Å². The van der Waals surface area contributed by atoms with Crippen molar-refractivity contribution in [3.05, 3.63) is 69.8 Å². The first-order valence-corrected chi connectivity index (χ1v) is 6.78. The predicted octanol–water partition coefficient (Wildman–Crippen LogP) is 2.59. The van der Waals surface area contributed by atoms with E-state index in [1.165, 1.54) is 24.3 Å². The van der Waals surface area contributed by atoms with Crippen LogP contribution >= 0.6 is 12.2 Å². The van der Waals surface area contributed by atoms with Gasteiger partial charge in [0.15, 0.2) is 5.11 Å². The highest BCUT2D eigenvalue weighted by Gasteiger charge is 2.11. The molecule has 2 N–H and O–H groups in total. The Morgan fingerprint density at radius 1 is 1.17 bits per heavy atom. The smallest absolute Gasteiger partial charge is 0.269 e. The summed E-state index contributed by atoms with van der Waals surface area (Å²) in [5, 5.41) is 24.8. The minimum Gasteiger partial charge on any atom is -0.331 e. The van der Waals surface area contributed by atoms with Crippen LogP contribution in [-0.4, -0.2) is 15.9 Å². The lowest BCUT2D eigenvalue weighted by atomic mass is 10.2. The summed E-state index contributed by atoms with van der Waals surface area (Å²) in [4.78, 5) is 22.0. The van der Waals surface area contributed by atoms with Crippen molar-refractivity contribution in [2.75, 3.05) is 5.32 Å². The molecule has 0 saturated carbocycles. The van der Waals surface area contributed by atoms with E-state index in [0.29, 0.717) is 11.3 Å². The number of para-hydroxylation sites is 1. The van der Waals surface area contributed by atoms with Crippen LogP contribution in [0.15, 0.2) is 48.5 Å². The number of anilines is 1. The van der Waals surface area contributed by atoms with Gasteiger partial charge >= 0.3 is 0 Å². The van der Waals surface area contributed by atoms with Gasteiger partial charge in [0.25, 0.3) is 11.6 Å². The molecule has 0 spiro atoms. The first-order chi connectivity index (χ1) is 11.0. The van der Waals surface area contributed by atoms with E-state index in [0.717, 1.165) is 0 Å². The molecule has 0 saturated heterocycles. The van der Waals surface area contributed by atoms with Crippen molar-refractivity contribution in [3.63, 3.8) is 0 Å². The second-order valence-corrected chi connectivity index (χ2v) is 4.78. The predicted molar refractivity (Wildman–Crippen MR) is 87.9 cm³/mol. The number of nitro groups is 1. The fraction of sp³-hybridized carbons (Fsp3) is 0. The van der Waals surface area contributed by atoms with Gasteiger partial charge in [0.2, 0.25) is 0 Å². The van der Waals surface area contributed by atoms with Crippen molar-refractivity contribution in [1.82, 2.24) is 5.32 Å². The number of hydrogen-bond acceptors (Lipinski definition) is 5. The number of nitrogens with zero attached hydrogens (tertiary/aromatic N) is 2. The van der Waals surface area contributed by atoms with E-state index in [1.807, 2.05) is 6.07 Å². The van der Waals surface area contributed by atoms with Gasteiger partial charge in [0.1, 0.15) is 6.07 Å². The molecule has 0 bridgehead atoms. The molecule has 2 rings (SSSR count). The number of rotatable bonds is 3. The zero-order valence-corrected chi connectivity index (χ0v) is 12.5. The van der Waals surface area contributed by atoms with E-state index in [9.17, 15) is 14.9 Å². The van der Waals surface area contributed by atoms with E-state index in [-0.39, 0.29) is 16.4 Å². The maximum absolute atomic E-state index is 12.0. The third-order valence-electron chi connectivity index (χ3n) is 2.86. The van der Waals surface area contributed by atoms with Gasteiger partial charge < -0.3 is 5.32 Å². The fourth-order valence-electron chi connectivity index (χ4n) is 1.75. The topological polar surface area (TPSA) is 108 Å². The molecule has 0 atom stereocenters. The fourth-order valence-corrected chi connectivity index (χ4v) is 1.96. The Morgan fingerprint density at radius 3 is 2.43 bits per heavy atom. The third kappa shape index (κ3) is 4.09. The van der Waals surface area contributed by atoms with Crippen molar-refractivity contribution in [3.8, 4) is 6.07 Å². The van der Waals surface area contributed by atoms with E-state index >= 15 is 0 Å². The maximum atomic E-state index is 12.0. The van der Waals surface area contributed by atoms with Gasteiger partial charge in [-0.2, -0.15) is 5.26 Å². The maximum Gasteiger partial charge on any atom is 0.269 e. The Bertz CT molecular complexity index is 812. The van der Waals surface area contributed by atoms with Crippen LogP contribution in [0.3, 0.4) is 0 Å². The van der Waals surface area contributed by atoms with E-state index in [1.54, 1.807) is 24.3 Å². The molecule has 2 aromatic rings. The average molecular weight is 326 g/mol. The molecule has 0 aliphatic carbocycles. The molecule has 114 valence electrons. The molecule has 0 aliphatic rings. The Hall–Kier alpha value is -3.31. The normalized spacial score (nSPS) is 9.52. The summed E-state index contributed by atoms with van der Waals surface area (Å²) in [5.74, 6) is -0.508. The average Bonchev–Trinajstić information content (AvgIpc) is 2.55. The van der Waals surface area contributed by atoms with Crippen LogP contribution in [-0.2, 0) is 0 Å². The van der Waals surface area contributed by atoms with E-state index in [4.69, 9.17) is 17.5 Å². The Morgan fingerprint density at radius 2 is 1.83 bits per heavy atom. The molecule has 0 fully saturated rings. The van der Waals surface area contributed by atoms with Crippen molar-refractivity contribution < 1.29 is 9.72 Å². The van der Waals surface area contributed by atoms with Crippen LogP contribution in [0.4, 0.5) is 11.4 Å². The minimum absolute atomic E-state index is 0.0241. The Labute approximate surface area is 136 Å². The van der Waals surface area contributed by atoms with Crippen LogP contribution in [0.5, 0.6) is 0 Å². The highest BCUT2D eigenvalue weighted by molar-refractivity contribution is 7.80. The summed E-state index contributed by atoms with van der Waals surface area (Å²) in [6.45, 7) is 0. The van der Waals surface area contributed by atoms with Crippen LogP contribution in [0, 0.1) is 21.4 Å². The van der Waals surface area contributed by atoms with Gasteiger partial charge in [-0.15, -0.1) is 0 Å². The molecule has 0 radical (unpaired) electrons. The summed E-state index contributed by atoms with van der Waals surface area (Å²) in [7, 11) is 0. The van der Waals surface area contributed by atoms with Gasteiger partial charge in [0, 0.05) is 17.7 Å². The summed E-state index contributed by atoms with van der Waals surface area (Å²) >= 11 is 5.03. The number of thiocarbonyl (C=S) groups is 1. The van der Waals surface area contributed by atoms with Crippen molar-refractivity contribution in [1.29, 1.82) is 5.26 Å². The van der Waals surface area contributed by atoms with Crippen molar-refractivity contribution in [2.45, 2.75) is 0 Å². The zero-order chi connectivity index (χ0) is 16.8. The second-order valence-electron chi connectivity index (χ2n) is 4.37. The number of nitro benzene ring substituents is 1. The number of carbonyl (C=O) groups is 1. The highest BCUT2D eigenvalue weighted by atomic mass is 32.1. The highest BCUT2D eigenvalue weighted by Crippen LogP contribution is 2.14. The van der Waals surface area contributed by atoms with Crippen LogP contribution in [0.2, 0.25) is 0 Å². The number of non-ortho nitro benzene ring substituents is 1. The van der Waals surface area contributed by atoms with Crippen LogP contribution in [0.1, 0.15) is 15.9 Å². The van der Waals surface area contributed by atoms with Gasteiger partial charge in [-0.3, -0.25) is 20.2 Å². The summed E-state index contributed by atoms with van der Waals surface area (Å²) in [6, 6.07) is 13.8. The molecule has 23 heavy (non-hydrogen) atoms. The first-order valence-electron chi connectivity index (χ1n) is 6.37. The molecule has 0 heterocycles. The molecule has 7 nitrogen and oxygen atoms in total. The molecule has 0 aromatic heterocycles. The molecule has 0 unspecified atom stereocenters. The van der Waals surface area contributed by atoms with Crippen LogP contribution in [0.25, 0.3) is 0 Å². The number of carbonyl (C=O) groups excluding carboxylic acids is 1. The minimum atomic E-state index is -0.549. The summed E-state index contributed by atoms with van der Waals surface area (Å²) in [5.41, 5.74) is 0.988. The van der Waals surface area contributed by atoms with Gasteiger partial charge in [-0.1, -0.05) is 12.1 Å². The molecule has 2 aromatic carbocycles. The lowest BCUT2D eigenvalue weighted by Gasteiger charge is -2.10. The molecule has 8 heteroatoms. The van der Waals surface area contributed by atoms with Crippen molar-refractivity contribution >= 4 is 34.6 Å². The van der Waals surface area contributed by atoms with Gasteiger partial charge in [-0.05, 0) is 36.5 Å². The number of nitrogens with one attached hydrogen (secondary N) is 2. The molecule has 0 aliphatic heterocycles. The van der Waals surface area contributed by atoms with Gasteiger partial charge in [0.05, 0.1) is 16.2 Å². The summed E-state index contributed by atoms with van der Waals surface area (Å²) in [6.07, 6.45) is 0. The van der Waals surface area contributed by atoms with E-state index < -0.39 is 10.8 Å². The Kier molecular flexibility index (Phi) is 4.96. The standard InChI is InChI=1S/C15H10N4O3S/c16-9-11-3-1-2-4-13(11)17-15(23)18-14(20)10-5-7-12(8-6-10)19(21)22/h1-8H,(H2,17,18,20,23). The monoisotopic (exact) mass is 326 g/mol. The second kappa shape index (κ2) is 7.11. The third-order valence-corrected chi connectivity index (χ3v) is 3.07. The Balaban J connectivity index is 2.04. The number of amides is 1. The zero-order valence-electron chi connectivity index (χ0n) is 11.6. The van der Waals surface area contributed by atoms with Crippen LogP contribution < -0.4 is 10.6 Å². The van der Waals surface area contributed by atoms with Gasteiger partial charge in [-0.25, -0.2) is 0 Å². The number of benzene rings is 2. The summed E-state index contributed by atoms with van der Waals surface area (Å²) < 4.78 is 0. The first kappa shape index (κ1) is 16.1. The lowest BCUT2D eigenvalue weighted by Crippen LogP contribution is -2.34. The molecular formula is C15H10N4O3S. The largest absolute Gasteiger partial charge is 0.331 e. The lowest BCUT2D eigenvalue weighted by molar-refractivity contribution is -0.384. The SMILES string of the molecule is N#Cc1ccccc1NC(=S)NC(=O)c1ccc([N+](=O)[O-])cc1.